The van der Waals surface area contributed by atoms with Gasteiger partial charge in [0.15, 0.2) is 0 Å². The van der Waals surface area contributed by atoms with Crippen molar-refractivity contribution in [1.29, 1.82) is 0 Å². The molecule has 0 heterocycles. The van der Waals surface area contributed by atoms with E-state index in [9.17, 15) is 18.7 Å². The number of benzene rings is 1. The van der Waals surface area contributed by atoms with Crippen LogP contribution in [0.25, 0.3) is 0 Å². The quantitative estimate of drug-likeness (QED) is 0.779. The normalized spacial score (nSPS) is 22.0. The summed E-state index contributed by atoms with van der Waals surface area (Å²) < 4.78 is 26.7. The van der Waals surface area contributed by atoms with Crippen LogP contribution < -0.4 is 10.6 Å². The van der Waals surface area contributed by atoms with Gasteiger partial charge in [0, 0.05) is 0 Å². The number of nitrogens with one attached hydrogen (secondary N) is 2. The van der Waals surface area contributed by atoms with Crippen LogP contribution >= 0.6 is 0 Å². The molecule has 6 heteroatoms. The molecule has 0 aromatic heterocycles. The molecule has 0 unspecified atom stereocenters. The number of amides is 1. The van der Waals surface area contributed by atoms with Crippen molar-refractivity contribution in [3.05, 3.63) is 29.8 Å². The summed E-state index contributed by atoms with van der Waals surface area (Å²) in [4.78, 5) is 11.7. The molecule has 1 aliphatic carbocycles. The van der Waals surface area contributed by atoms with E-state index in [-0.39, 0.29) is 12.6 Å². The SMILES string of the molecule is O=C(CNCC1CCC(O)CC1)Nc1c(F)cccc1F. The molecule has 2 rings (SSSR count). The molecular formula is C15H20F2N2O2. The van der Waals surface area contributed by atoms with E-state index >= 15 is 0 Å². The van der Waals surface area contributed by atoms with E-state index in [0.29, 0.717) is 12.5 Å². The summed E-state index contributed by atoms with van der Waals surface area (Å²) in [5.41, 5.74) is -0.412. The number of aliphatic hydroxyl groups is 1. The van der Waals surface area contributed by atoms with Crippen LogP contribution in [0, 0.1) is 17.6 Å². The predicted molar refractivity (Wildman–Crippen MR) is 75.8 cm³/mol. The fourth-order valence-corrected chi connectivity index (χ4v) is 2.54. The minimum Gasteiger partial charge on any atom is -0.393 e. The summed E-state index contributed by atoms with van der Waals surface area (Å²) in [5, 5.41) is 14.6. The number of carbonyl (C=O) groups is 1. The zero-order valence-corrected chi connectivity index (χ0v) is 11.7. The predicted octanol–water partition coefficient (Wildman–Crippen LogP) is 2.04. The van der Waals surface area contributed by atoms with Crippen molar-refractivity contribution in [2.24, 2.45) is 5.92 Å². The second-order valence-electron chi connectivity index (χ2n) is 5.45. The largest absolute Gasteiger partial charge is 0.393 e. The van der Waals surface area contributed by atoms with Crippen LogP contribution in [0.15, 0.2) is 18.2 Å². The Kier molecular flexibility index (Phi) is 5.64. The summed E-state index contributed by atoms with van der Waals surface area (Å²) in [6.45, 7) is 0.673. The Bertz CT molecular complexity index is 468. The summed E-state index contributed by atoms with van der Waals surface area (Å²) >= 11 is 0. The van der Waals surface area contributed by atoms with Crippen molar-refractivity contribution >= 4 is 11.6 Å². The highest BCUT2D eigenvalue weighted by Gasteiger charge is 2.19. The van der Waals surface area contributed by atoms with Gasteiger partial charge in [0.25, 0.3) is 0 Å². The smallest absolute Gasteiger partial charge is 0.238 e. The van der Waals surface area contributed by atoms with Gasteiger partial charge in [0.1, 0.15) is 17.3 Å². The molecule has 1 aromatic carbocycles. The van der Waals surface area contributed by atoms with Crippen molar-refractivity contribution in [3.63, 3.8) is 0 Å². The maximum Gasteiger partial charge on any atom is 0.238 e. The van der Waals surface area contributed by atoms with Crippen molar-refractivity contribution < 1.29 is 18.7 Å². The first-order valence-electron chi connectivity index (χ1n) is 7.19. The van der Waals surface area contributed by atoms with E-state index in [1.807, 2.05) is 0 Å². The molecule has 1 amide bonds. The number of hydrogen-bond acceptors (Lipinski definition) is 3. The third-order valence-electron chi connectivity index (χ3n) is 3.76. The Morgan fingerprint density at radius 3 is 2.43 bits per heavy atom. The van der Waals surface area contributed by atoms with Gasteiger partial charge in [-0.05, 0) is 50.3 Å². The summed E-state index contributed by atoms with van der Waals surface area (Å²) in [6, 6.07) is 3.44. The molecule has 0 radical (unpaired) electrons. The second kappa shape index (κ2) is 7.47. The van der Waals surface area contributed by atoms with Crippen LogP contribution in [0.3, 0.4) is 0 Å². The van der Waals surface area contributed by atoms with Gasteiger partial charge < -0.3 is 15.7 Å². The highest BCUT2D eigenvalue weighted by Crippen LogP contribution is 2.23. The summed E-state index contributed by atoms with van der Waals surface area (Å²) in [6.07, 6.45) is 3.24. The second-order valence-corrected chi connectivity index (χ2v) is 5.45. The Morgan fingerprint density at radius 2 is 1.81 bits per heavy atom. The van der Waals surface area contributed by atoms with Gasteiger partial charge in [0.05, 0.1) is 12.6 Å². The molecule has 0 atom stereocenters. The van der Waals surface area contributed by atoms with Crippen molar-refractivity contribution in [3.8, 4) is 0 Å². The molecule has 0 saturated heterocycles. The summed E-state index contributed by atoms with van der Waals surface area (Å²) in [5.74, 6) is -1.62. The first-order chi connectivity index (χ1) is 10.1. The lowest BCUT2D eigenvalue weighted by atomic mass is 9.87. The van der Waals surface area contributed by atoms with Gasteiger partial charge in [-0.3, -0.25) is 4.79 Å². The molecule has 4 nitrogen and oxygen atoms in total. The number of rotatable bonds is 5. The van der Waals surface area contributed by atoms with Gasteiger partial charge in [0.2, 0.25) is 5.91 Å². The lowest BCUT2D eigenvalue weighted by Crippen LogP contribution is -2.34. The molecular weight excluding hydrogens is 278 g/mol. The molecule has 0 spiro atoms. The van der Waals surface area contributed by atoms with Crippen LogP contribution in [0.1, 0.15) is 25.7 Å². The van der Waals surface area contributed by atoms with Crippen LogP contribution in [-0.2, 0) is 4.79 Å². The fourth-order valence-electron chi connectivity index (χ4n) is 2.54. The fraction of sp³-hybridized carbons (Fsp3) is 0.533. The zero-order valence-electron chi connectivity index (χ0n) is 11.7. The average molecular weight is 298 g/mol. The standard InChI is InChI=1S/C15H20F2N2O2/c16-12-2-1-3-13(17)15(12)19-14(21)9-18-8-10-4-6-11(20)7-5-10/h1-3,10-11,18,20H,4-9H2,(H,19,21). The molecule has 21 heavy (non-hydrogen) atoms. The van der Waals surface area contributed by atoms with Crippen molar-refractivity contribution in [1.82, 2.24) is 5.32 Å². The topological polar surface area (TPSA) is 61.4 Å². The Labute approximate surface area is 122 Å². The molecule has 1 fully saturated rings. The Hall–Kier alpha value is -1.53. The molecule has 0 bridgehead atoms. The molecule has 1 aliphatic rings. The van der Waals surface area contributed by atoms with E-state index in [1.165, 1.54) is 6.07 Å². The third kappa shape index (κ3) is 4.75. The highest BCUT2D eigenvalue weighted by atomic mass is 19.1. The maximum atomic E-state index is 13.4. The number of carbonyl (C=O) groups excluding carboxylic acids is 1. The summed E-state index contributed by atoms with van der Waals surface area (Å²) in [7, 11) is 0. The molecule has 116 valence electrons. The third-order valence-corrected chi connectivity index (χ3v) is 3.76. The van der Waals surface area contributed by atoms with Gasteiger partial charge in [-0.2, -0.15) is 0 Å². The number of halogens is 2. The van der Waals surface area contributed by atoms with E-state index < -0.39 is 23.2 Å². The highest BCUT2D eigenvalue weighted by molar-refractivity contribution is 5.92. The molecule has 3 N–H and O–H groups in total. The first-order valence-corrected chi connectivity index (χ1v) is 7.19. The first kappa shape index (κ1) is 15.9. The van der Waals surface area contributed by atoms with Crippen LogP contribution in [0.2, 0.25) is 0 Å². The molecule has 0 aliphatic heterocycles. The maximum absolute atomic E-state index is 13.4. The zero-order chi connectivity index (χ0) is 15.2. The molecule has 1 saturated carbocycles. The van der Waals surface area contributed by atoms with E-state index in [0.717, 1.165) is 37.8 Å². The van der Waals surface area contributed by atoms with Crippen LogP contribution in [-0.4, -0.2) is 30.2 Å². The van der Waals surface area contributed by atoms with E-state index in [4.69, 9.17) is 0 Å². The van der Waals surface area contributed by atoms with E-state index in [1.54, 1.807) is 0 Å². The van der Waals surface area contributed by atoms with Gasteiger partial charge in [-0.15, -0.1) is 0 Å². The number of para-hydroxylation sites is 1. The lowest BCUT2D eigenvalue weighted by molar-refractivity contribution is -0.115. The lowest BCUT2D eigenvalue weighted by Gasteiger charge is -2.25. The minimum absolute atomic E-state index is 0.00677. The van der Waals surface area contributed by atoms with Crippen molar-refractivity contribution in [2.75, 3.05) is 18.4 Å². The monoisotopic (exact) mass is 298 g/mol. The van der Waals surface area contributed by atoms with Crippen LogP contribution in [0.4, 0.5) is 14.5 Å². The van der Waals surface area contributed by atoms with Gasteiger partial charge in [-0.25, -0.2) is 8.78 Å². The Morgan fingerprint density at radius 1 is 1.19 bits per heavy atom. The van der Waals surface area contributed by atoms with E-state index in [2.05, 4.69) is 10.6 Å². The average Bonchev–Trinajstić information content (AvgIpc) is 2.45. The van der Waals surface area contributed by atoms with Crippen LogP contribution in [0.5, 0.6) is 0 Å². The number of anilines is 1. The molecule has 1 aromatic rings. The Balaban J connectivity index is 1.73. The minimum atomic E-state index is -0.787. The van der Waals surface area contributed by atoms with Crippen molar-refractivity contribution in [2.45, 2.75) is 31.8 Å². The van der Waals surface area contributed by atoms with Gasteiger partial charge in [-0.1, -0.05) is 6.07 Å². The van der Waals surface area contributed by atoms with Gasteiger partial charge >= 0.3 is 0 Å². The number of hydrogen-bond donors (Lipinski definition) is 3. The number of aliphatic hydroxyl groups excluding tert-OH is 1.